The van der Waals surface area contributed by atoms with Crippen molar-refractivity contribution < 1.29 is 48.7 Å². The standard InChI is InChI=1S/C21H28N3O3.2ClH/c1-2-3-4-5-6-12-21(25)19-10-9-13-23(16-19)17-27-18-24-14-8-7-11-20(24)15-22-26;;/h7-11,13-16H,2-6,12,17-18H2,1H3;2*1H/q+1;;/p-1. The van der Waals surface area contributed by atoms with Crippen molar-refractivity contribution in [3.05, 3.63) is 60.2 Å². The summed E-state index contributed by atoms with van der Waals surface area (Å²) in [5, 5.41) is 11.8. The van der Waals surface area contributed by atoms with Gasteiger partial charge >= 0.3 is 0 Å². The van der Waals surface area contributed by atoms with E-state index in [9.17, 15) is 4.79 Å². The Kier molecular flexibility index (Phi) is 14.7. The van der Waals surface area contributed by atoms with Crippen LogP contribution in [-0.2, 0) is 18.2 Å². The van der Waals surface area contributed by atoms with Gasteiger partial charge in [-0.3, -0.25) is 9.53 Å². The molecule has 0 radical (unpaired) electrons. The fourth-order valence-corrected chi connectivity index (χ4v) is 2.83. The lowest BCUT2D eigenvalue weighted by Crippen LogP contribution is -3.00. The van der Waals surface area contributed by atoms with E-state index in [-0.39, 0.29) is 30.6 Å². The summed E-state index contributed by atoms with van der Waals surface area (Å²) >= 11 is 0. The highest BCUT2D eigenvalue weighted by Gasteiger charge is 2.12. The van der Waals surface area contributed by atoms with Crippen LogP contribution < -0.4 is 33.9 Å². The maximum Gasteiger partial charge on any atom is 0.258 e. The molecule has 0 aliphatic carbocycles. The molecular formula is C21H29Cl2N3O3. The van der Waals surface area contributed by atoms with Gasteiger partial charge in [0.2, 0.25) is 5.69 Å². The number of ketones is 1. The molecule has 0 spiro atoms. The van der Waals surface area contributed by atoms with Gasteiger partial charge in [0, 0.05) is 24.6 Å². The third-order valence-corrected chi connectivity index (χ3v) is 4.32. The lowest BCUT2D eigenvalue weighted by Gasteiger charge is -2.03. The predicted octanol–water partition coefficient (Wildman–Crippen LogP) is -2.75. The fourth-order valence-electron chi connectivity index (χ4n) is 2.83. The van der Waals surface area contributed by atoms with Gasteiger partial charge in [0.15, 0.2) is 24.4 Å². The molecule has 0 saturated carbocycles. The van der Waals surface area contributed by atoms with Crippen LogP contribution in [0.1, 0.15) is 61.5 Å². The molecule has 2 rings (SSSR count). The Hall–Kier alpha value is -2.02. The number of hydrogen-bond donors (Lipinski definition) is 1. The first-order chi connectivity index (χ1) is 13.2. The smallest absolute Gasteiger partial charge is 0.258 e. The van der Waals surface area contributed by atoms with E-state index in [2.05, 4.69) is 12.1 Å². The van der Waals surface area contributed by atoms with E-state index in [1.165, 1.54) is 25.5 Å². The Bertz CT molecular complexity index is 757. The first kappa shape index (κ1) is 27.0. The molecule has 1 N–H and O–H groups in total. The molecule has 0 aliphatic rings. The number of carbonyl (C=O) groups is 1. The number of oxime groups is 1. The topological polar surface area (TPSA) is 66.7 Å². The lowest BCUT2D eigenvalue weighted by atomic mass is 10.1. The Balaban J connectivity index is 0.00000392. The predicted molar refractivity (Wildman–Crippen MR) is 101 cm³/mol. The summed E-state index contributed by atoms with van der Waals surface area (Å²) in [5.74, 6) is 0.180. The Morgan fingerprint density at radius 3 is 2.62 bits per heavy atom. The van der Waals surface area contributed by atoms with Crippen LogP contribution in [0.5, 0.6) is 0 Å². The zero-order chi connectivity index (χ0) is 19.3. The van der Waals surface area contributed by atoms with Gasteiger partial charge in [-0.1, -0.05) is 37.8 Å². The van der Waals surface area contributed by atoms with Gasteiger partial charge < -0.3 is 30.0 Å². The maximum atomic E-state index is 12.3. The number of ether oxygens (including phenoxy) is 1. The van der Waals surface area contributed by atoms with Crippen LogP contribution in [-0.4, -0.2) is 17.2 Å². The monoisotopic (exact) mass is 441 g/mol. The van der Waals surface area contributed by atoms with Gasteiger partial charge in [0.05, 0.1) is 5.56 Å². The Labute approximate surface area is 185 Å². The molecule has 0 aromatic carbocycles. The van der Waals surface area contributed by atoms with Crippen molar-refractivity contribution in [1.29, 1.82) is 0 Å². The van der Waals surface area contributed by atoms with Crippen molar-refractivity contribution in [3.63, 3.8) is 0 Å². The van der Waals surface area contributed by atoms with Crippen molar-refractivity contribution in [2.24, 2.45) is 5.16 Å². The second kappa shape index (κ2) is 15.9. The molecule has 2 aromatic rings. The lowest BCUT2D eigenvalue weighted by molar-refractivity contribution is -0.788. The summed E-state index contributed by atoms with van der Waals surface area (Å²) in [7, 11) is 0. The van der Waals surface area contributed by atoms with E-state index in [1.54, 1.807) is 0 Å². The van der Waals surface area contributed by atoms with Crippen LogP contribution in [0.25, 0.3) is 0 Å². The van der Waals surface area contributed by atoms with E-state index >= 15 is 0 Å². The molecule has 2 aromatic heterocycles. The van der Waals surface area contributed by atoms with Crippen molar-refractivity contribution in [3.8, 4) is 0 Å². The van der Waals surface area contributed by atoms with E-state index in [4.69, 9.17) is 9.94 Å². The molecule has 0 aliphatic heterocycles. The molecule has 0 saturated heterocycles. The fraction of sp³-hybridized carbons (Fsp3) is 0.429. The molecule has 0 unspecified atom stereocenters. The summed E-state index contributed by atoms with van der Waals surface area (Å²) in [6, 6.07) is 9.29. The van der Waals surface area contributed by atoms with Crippen LogP contribution in [0.2, 0.25) is 0 Å². The zero-order valence-electron chi connectivity index (χ0n) is 16.7. The maximum absolute atomic E-state index is 12.3. The summed E-state index contributed by atoms with van der Waals surface area (Å²) in [5.41, 5.74) is 1.45. The van der Waals surface area contributed by atoms with Gasteiger partial charge in [-0.2, -0.15) is 9.13 Å². The van der Waals surface area contributed by atoms with Gasteiger partial charge in [0.1, 0.15) is 6.21 Å². The molecule has 2 heterocycles. The quantitative estimate of drug-likeness (QED) is 0.0969. The summed E-state index contributed by atoms with van der Waals surface area (Å²) in [6.45, 7) is 2.83. The highest BCUT2D eigenvalue weighted by Crippen LogP contribution is 2.09. The molecule has 8 heteroatoms. The molecule has 160 valence electrons. The van der Waals surface area contributed by atoms with Gasteiger partial charge in [-0.25, -0.2) is 0 Å². The Morgan fingerprint density at radius 2 is 1.86 bits per heavy atom. The molecule has 0 bridgehead atoms. The summed E-state index contributed by atoms with van der Waals surface area (Å²) in [6.07, 6.45) is 13.2. The van der Waals surface area contributed by atoms with Crippen molar-refractivity contribution in [2.45, 2.75) is 58.9 Å². The number of pyridine rings is 2. The molecule has 0 amide bonds. The summed E-state index contributed by atoms with van der Waals surface area (Å²) < 4.78 is 9.40. The average Bonchev–Trinajstić information content (AvgIpc) is 2.69. The Morgan fingerprint density at radius 1 is 1.07 bits per heavy atom. The number of carbonyl (C=O) groups excluding carboxylic acids is 1. The minimum Gasteiger partial charge on any atom is -1.00 e. The first-order valence-electron chi connectivity index (χ1n) is 9.50. The molecule has 29 heavy (non-hydrogen) atoms. The van der Waals surface area contributed by atoms with Gasteiger partial charge in [-0.05, 0) is 18.6 Å². The third-order valence-electron chi connectivity index (χ3n) is 4.32. The van der Waals surface area contributed by atoms with E-state index in [1.807, 2.05) is 58.1 Å². The van der Waals surface area contributed by atoms with E-state index in [0.29, 0.717) is 19.9 Å². The van der Waals surface area contributed by atoms with Crippen molar-refractivity contribution in [1.82, 2.24) is 0 Å². The summed E-state index contributed by atoms with van der Waals surface area (Å²) in [4.78, 5) is 12.3. The number of aromatic nitrogens is 2. The normalized spacial score (nSPS) is 10.4. The number of Topliss-reactive ketones (excluding diaryl/α,β-unsaturated/α-hetero) is 1. The SMILES string of the molecule is CCCCCCCC(=O)c1ccc[n+](COC[n+]2ccccc2/C=N/O)c1.[Cl-].[Cl-]. The van der Waals surface area contributed by atoms with Crippen LogP contribution in [0.15, 0.2) is 54.1 Å². The van der Waals surface area contributed by atoms with E-state index in [0.717, 1.165) is 24.1 Å². The molecule has 6 nitrogen and oxygen atoms in total. The van der Waals surface area contributed by atoms with Crippen LogP contribution in [0.4, 0.5) is 0 Å². The van der Waals surface area contributed by atoms with Gasteiger partial charge in [-0.15, -0.1) is 0 Å². The molecule has 0 atom stereocenters. The zero-order valence-corrected chi connectivity index (χ0v) is 18.2. The second-order valence-corrected chi connectivity index (χ2v) is 6.50. The number of nitrogens with zero attached hydrogens (tertiary/aromatic N) is 3. The largest absolute Gasteiger partial charge is 1.00 e. The molecule has 0 fully saturated rings. The average molecular weight is 442 g/mol. The van der Waals surface area contributed by atoms with E-state index < -0.39 is 0 Å². The van der Waals surface area contributed by atoms with Crippen LogP contribution >= 0.6 is 0 Å². The molecular weight excluding hydrogens is 413 g/mol. The number of unbranched alkanes of at least 4 members (excludes halogenated alkanes) is 4. The van der Waals surface area contributed by atoms with Crippen molar-refractivity contribution >= 4 is 12.0 Å². The second-order valence-electron chi connectivity index (χ2n) is 6.50. The van der Waals surface area contributed by atoms with Gasteiger partial charge in [0.25, 0.3) is 13.5 Å². The van der Waals surface area contributed by atoms with Crippen LogP contribution in [0.3, 0.4) is 0 Å². The first-order valence-corrected chi connectivity index (χ1v) is 9.50. The van der Waals surface area contributed by atoms with Crippen LogP contribution in [0, 0.1) is 0 Å². The number of rotatable bonds is 12. The number of halogens is 2. The van der Waals surface area contributed by atoms with Crippen molar-refractivity contribution in [2.75, 3.05) is 0 Å². The highest BCUT2D eigenvalue weighted by atomic mass is 35.5. The highest BCUT2D eigenvalue weighted by molar-refractivity contribution is 5.95. The minimum atomic E-state index is 0. The minimum absolute atomic E-state index is 0. The number of hydrogen-bond acceptors (Lipinski definition) is 4. The third kappa shape index (κ3) is 9.83.